The van der Waals surface area contributed by atoms with Crippen LogP contribution in [-0.4, -0.2) is 36.8 Å². The highest BCUT2D eigenvalue weighted by Crippen LogP contribution is 2.48. The van der Waals surface area contributed by atoms with Gasteiger partial charge in [-0.1, -0.05) is 69.8 Å². The van der Waals surface area contributed by atoms with E-state index in [1.807, 2.05) is 0 Å². The zero-order valence-electron chi connectivity index (χ0n) is 18.5. The number of allylic oxidation sites excluding steroid dienone is 3. The standard InChI is InChI=1S/C25H45NO/c1-5-7-12-20(6-2)14-11-15-23-24-18-21(17-22(24)19-25(23)27)13-9-8-10-16-26(3)4/h11,15,17,20,22-25,27H,5-10,12-14,16,18-19H2,1-4H3/b15-11+/t20-,22+,23-,24+,25-/m1/s1. The van der Waals surface area contributed by atoms with E-state index in [1.54, 1.807) is 5.57 Å². The highest BCUT2D eigenvalue weighted by Gasteiger charge is 2.43. The van der Waals surface area contributed by atoms with E-state index in [9.17, 15) is 5.11 Å². The van der Waals surface area contributed by atoms with Crippen LogP contribution in [0.25, 0.3) is 0 Å². The molecule has 0 unspecified atom stereocenters. The van der Waals surface area contributed by atoms with E-state index in [0.29, 0.717) is 17.8 Å². The molecule has 0 bridgehead atoms. The number of unbranched alkanes of at least 4 members (excludes halogenated alkanes) is 3. The van der Waals surface area contributed by atoms with Gasteiger partial charge in [-0.25, -0.2) is 0 Å². The Morgan fingerprint density at radius 1 is 1.19 bits per heavy atom. The van der Waals surface area contributed by atoms with Crippen molar-refractivity contribution >= 4 is 0 Å². The van der Waals surface area contributed by atoms with Gasteiger partial charge in [-0.05, 0) is 76.9 Å². The lowest BCUT2D eigenvalue weighted by atomic mass is 9.87. The predicted octanol–water partition coefficient (Wildman–Crippen LogP) is 6.21. The molecule has 156 valence electrons. The Labute approximate surface area is 169 Å². The molecule has 0 aliphatic heterocycles. The van der Waals surface area contributed by atoms with Crippen LogP contribution in [-0.2, 0) is 0 Å². The van der Waals surface area contributed by atoms with Crippen LogP contribution in [0, 0.1) is 23.7 Å². The number of aliphatic hydroxyl groups excluding tert-OH is 1. The lowest BCUT2D eigenvalue weighted by Crippen LogP contribution is -2.17. The van der Waals surface area contributed by atoms with Gasteiger partial charge >= 0.3 is 0 Å². The molecule has 2 nitrogen and oxygen atoms in total. The molecule has 1 fully saturated rings. The molecular formula is C25H45NO. The van der Waals surface area contributed by atoms with Crippen molar-refractivity contribution in [2.24, 2.45) is 23.7 Å². The van der Waals surface area contributed by atoms with Crippen molar-refractivity contribution in [3.63, 3.8) is 0 Å². The topological polar surface area (TPSA) is 23.5 Å². The van der Waals surface area contributed by atoms with E-state index >= 15 is 0 Å². The smallest absolute Gasteiger partial charge is 0.0611 e. The van der Waals surface area contributed by atoms with Crippen LogP contribution in [0.3, 0.4) is 0 Å². The first-order valence-electron chi connectivity index (χ1n) is 11.7. The molecule has 27 heavy (non-hydrogen) atoms. The molecule has 0 saturated heterocycles. The molecule has 2 aliphatic rings. The summed E-state index contributed by atoms with van der Waals surface area (Å²) in [4.78, 5) is 2.28. The minimum Gasteiger partial charge on any atom is -0.392 e. The molecular weight excluding hydrogens is 330 g/mol. The summed E-state index contributed by atoms with van der Waals surface area (Å²) in [5.74, 6) is 2.52. The predicted molar refractivity (Wildman–Crippen MR) is 118 cm³/mol. The van der Waals surface area contributed by atoms with Crippen LogP contribution >= 0.6 is 0 Å². The SMILES string of the molecule is CCCC[C@@H](CC)C/C=C/[C@@H]1[C@H]2CC(CCCCCN(C)C)=C[C@H]2C[C@H]1O. The van der Waals surface area contributed by atoms with Gasteiger partial charge in [0.1, 0.15) is 0 Å². The molecule has 2 rings (SSSR count). The minimum atomic E-state index is -0.121. The van der Waals surface area contributed by atoms with Crippen molar-refractivity contribution in [3.05, 3.63) is 23.8 Å². The Bertz CT molecular complexity index is 467. The lowest BCUT2D eigenvalue weighted by Gasteiger charge is -2.19. The average molecular weight is 376 g/mol. The van der Waals surface area contributed by atoms with Gasteiger partial charge in [-0.3, -0.25) is 0 Å². The third-order valence-corrected chi connectivity index (χ3v) is 6.92. The monoisotopic (exact) mass is 375 g/mol. The minimum absolute atomic E-state index is 0.121. The number of aliphatic hydroxyl groups is 1. The first-order valence-corrected chi connectivity index (χ1v) is 11.7. The Morgan fingerprint density at radius 3 is 2.70 bits per heavy atom. The fourth-order valence-electron chi connectivity index (χ4n) is 5.16. The number of hydrogen-bond acceptors (Lipinski definition) is 2. The van der Waals surface area contributed by atoms with Gasteiger partial charge in [0.25, 0.3) is 0 Å². The van der Waals surface area contributed by atoms with Crippen LogP contribution in [0.5, 0.6) is 0 Å². The van der Waals surface area contributed by atoms with Crippen LogP contribution in [0.2, 0.25) is 0 Å². The van der Waals surface area contributed by atoms with E-state index in [2.05, 4.69) is 51.1 Å². The highest BCUT2D eigenvalue weighted by atomic mass is 16.3. The first-order chi connectivity index (χ1) is 13.0. The Morgan fingerprint density at radius 2 is 2.00 bits per heavy atom. The van der Waals surface area contributed by atoms with Crippen molar-refractivity contribution in [2.75, 3.05) is 20.6 Å². The summed E-state index contributed by atoms with van der Waals surface area (Å²) < 4.78 is 0. The molecule has 5 atom stereocenters. The molecule has 1 N–H and O–H groups in total. The fraction of sp³-hybridized carbons (Fsp3) is 0.840. The maximum atomic E-state index is 10.6. The van der Waals surface area contributed by atoms with E-state index in [4.69, 9.17) is 0 Å². The molecule has 0 radical (unpaired) electrons. The quantitative estimate of drug-likeness (QED) is 0.305. The Balaban J connectivity index is 1.75. The van der Waals surface area contributed by atoms with Crippen molar-refractivity contribution in [1.82, 2.24) is 4.90 Å². The second kappa shape index (κ2) is 12.1. The van der Waals surface area contributed by atoms with Gasteiger partial charge in [-0.2, -0.15) is 0 Å². The molecule has 0 aromatic carbocycles. The van der Waals surface area contributed by atoms with E-state index in [0.717, 1.165) is 12.3 Å². The summed E-state index contributed by atoms with van der Waals surface area (Å²) in [6.45, 7) is 5.81. The Hall–Kier alpha value is -0.600. The third-order valence-electron chi connectivity index (χ3n) is 6.92. The van der Waals surface area contributed by atoms with Gasteiger partial charge in [0.2, 0.25) is 0 Å². The normalized spacial score (nSPS) is 28.9. The maximum absolute atomic E-state index is 10.6. The van der Waals surface area contributed by atoms with Crippen molar-refractivity contribution < 1.29 is 5.11 Å². The molecule has 2 aliphatic carbocycles. The van der Waals surface area contributed by atoms with Crippen LogP contribution in [0.15, 0.2) is 23.8 Å². The number of rotatable bonds is 13. The summed E-state index contributed by atoms with van der Waals surface area (Å²) in [6.07, 6.45) is 21.2. The molecule has 2 heteroatoms. The summed E-state index contributed by atoms with van der Waals surface area (Å²) in [6, 6.07) is 0. The van der Waals surface area contributed by atoms with Gasteiger partial charge in [0.05, 0.1) is 6.10 Å². The summed E-state index contributed by atoms with van der Waals surface area (Å²) >= 11 is 0. The zero-order chi connectivity index (χ0) is 19.6. The second-order valence-electron chi connectivity index (χ2n) is 9.43. The number of nitrogens with zero attached hydrogens (tertiary/aromatic N) is 1. The third kappa shape index (κ3) is 7.38. The molecule has 0 heterocycles. The highest BCUT2D eigenvalue weighted by molar-refractivity contribution is 5.20. The molecule has 0 aromatic heterocycles. The average Bonchev–Trinajstić information content (AvgIpc) is 3.14. The van der Waals surface area contributed by atoms with Crippen LogP contribution < -0.4 is 0 Å². The van der Waals surface area contributed by atoms with Crippen molar-refractivity contribution in [2.45, 2.75) is 90.6 Å². The fourth-order valence-corrected chi connectivity index (χ4v) is 5.16. The Kier molecular flexibility index (Phi) is 10.1. The lowest BCUT2D eigenvalue weighted by molar-refractivity contribution is 0.141. The largest absolute Gasteiger partial charge is 0.392 e. The van der Waals surface area contributed by atoms with E-state index in [1.165, 1.54) is 70.8 Å². The van der Waals surface area contributed by atoms with Gasteiger partial charge in [0, 0.05) is 5.92 Å². The van der Waals surface area contributed by atoms with Crippen LogP contribution in [0.1, 0.15) is 84.5 Å². The number of hydrogen-bond donors (Lipinski definition) is 1. The first kappa shape index (κ1) is 22.7. The van der Waals surface area contributed by atoms with Gasteiger partial charge in [-0.15, -0.1) is 0 Å². The number of fused-ring (bicyclic) bond motifs is 1. The molecule has 0 amide bonds. The molecule has 1 saturated carbocycles. The van der Waals surface area contributed by atoms with Crippen molar-refractivity contribution in [1.29, 1.82) is 0 Å². The summed E-state index contributed by atoms with van der Waals surface area (Å²) in [5.41, 5.74) is 1.68. The van der Waals surface area contributed by atoms with E-state index < -0.39 is 0 Å². The molecule has 0 aromatic rings. The maximum Gasteiger partial charge on any atom is 0.0611 e. The second-order valence-corrected chi connectivity index (χ2v) is 9.43. The zero-order valence-corrected chi connectivity index (χ0v) is 18.5. The van der Waals surface area contributed by atoms with E-state index in [-0.39, 0.29) is 6.10 Å². The molecule has 0 spiro atoms. The van der Waals surface area contributed by atoms with Gasteiger partial charge in [0.15, 0.2) is 0 Å². The van der Waals surface area contributed by atoms with Gasteiger partial charge < -0.3 is 10.0 Å². The summed E-state index contributed by atoms with van der Waals surface area (Å²) in [5, 5.41) is 10.6. The van der Waals surface area contributed by atoms with Crippen molar-refractivity contribution in [3.8, 4) is 0 Å². The van der Waals surface area contributed by atoms with Crippen LogP contribution in [0.4, 0.5) is 0 Å². The summed E-state index contributed by atoms with van der Waals surface area (Å²) in [7, 11) is 4.32.